The molecule has 0 aromatic heterocycles. The number of nitrogens with one attached hydrogen (secondary N) is 2. The number of amides is 3. The lowest BCUT2D eigenvalue weighted by Gasteiger charge is -2.19. The Labute approximate surface area is 167 Å². The molecule has 3 rings (SSSR count). The van der Waals surface area contributed by atoms with Gasteiger partial charge in [-0.05, 0) is 36.8 Å². The number of halogens is 1. The van der Waals surface area contributed by atoms with Gasteiger partial charge in [-0.3, -0.25) is 14.4 Å². The minimum Gasteiger partial charge on any atom is -0.494 e. The molecule has 0 bridgehead atoms. The number of hydrogen-bond acceptors (Lipinski definition) is 4. The number of hydrogen-bond donors (Lipinski definition) is 2. The lowest BCUT2D eigenvalue weighted by Crippen LogP contribution is -2.32. The maximum Gasteiger partial charge on any atom is 0.251 e. The summed E-state index contributed by atoms with van der Waals surface area (Å²) in [6, 6.07) is 11.6. The third kappa shape index (κ3) is 4.61. The van der Waals surface area contributed by atoms with E-state index in [4.69, 9.17) is 16.3 Å². The van der Waals surface area contributed by atoms with Gasteiger partial charge in [0.05, 0.1) is 19.3 Å². The minimum atomic E-state index is -0.391. The molecule has 3 amide bonds. The van der Waals surface area contributed by atoms with Crippen LogP contribution in [0.4, 0.5) is 11.4 Å². The van der Waals surface area contributed by atoms with Crippen LogP contribution in [0.1, 0.15) is 23.2 Å². The highest BCUT2D eigenvalue weighted by Crippen LogP contribution is 2.33. The molecule has 0 unspecified atom stereocenters. The van der Waals surface area contributed by atoms with Crippen LogP contribution in [0.2, 0.25) is 5.02 Å². The van der Waals surface area contributed by atoms with Crippen molar-refractivity contribution in [3.63, 3.8) is 0 Å². The van der Waals surface area contributed by atoms with E-state index in [1.165, 1.54) is 13.2 Å². The summed E-state index contributed by atoms with van der Waals surface area (Å²) in [4.78, 5) is 37.8. The molecule has 7 nitrogen and oxygen atoms in total. The van der Waals surface area contributed by atoms with Crippen molar-refractivity contribution in [1.29, 1.82) is 0 Å². The molecule has 146 valence electrons. The molecular weight excluding hydrogens is 382 g/mol. The first kappa shape index (κ1) is 19.7. The van der Waals surface area contributed by atoms with Crippen molar-refractivity contribution in [1.82, 2.24) is 5.32 Å². The van der Waals surface area contributed by atoms with E-state index in [-0.39, 0.29) is 18.4 Å². The molecule has 1 saturated heterocycles. The van der Waals surface area contributed by atoms with Gasteiger partial charge in [-0.1, -0.05) is 17.7 Å². The van der Waals surface area contributed by atoms with E-state index in [1.807, 2.05) is 0 Å². The summed E-state index contributed by atoms with van der Waals surface area (Å²) in [5, 5.41) is 5.69. The Morgan fingerprint density at radius 2 is 2.04 bits per heavy atom. The Morgan fingerprint density at radius 3 is 2.71 bits per heavy atom. The third-order valence-electron chi connectivity index (χ3n) is 4.32. The van der Waals surface area contributed by atoms with Gasteiger partial charge >= 0.3 is 0 Å². The predicted molar refractivity (Wildman–Crippen MR) is 107 cm³/mol. The molecule has 0 saturated carbocycles. The molecular formula is C20H20ClN3O4. The Balaban J connectivity index is 1.61. The van der Waals surface area contributed by atoms with Crippen molar-refractivity contribution >= 4 is 40.7 Å². The first-order valence-corrected chi connectivity index (χ1v) is 9.18. The van der Waals surface area contributed by atoms with Crippen LogP contribution >= 0.6 is 11.6 Å². The van der Waals surface area contributed by atoms with Crippen molar-refractivity contribution < 1.29 is 19.1 Å². The molecule has 0 radical (unpaired) electrons. The van der Waals surface area contributed by atoms with Gasteiger partial charge in [0.1, 0.15) is 5.75 Å². The summed E-state index contributed by atoms with van der Waals surface area (Å²) >= 11 is 5.86. The Bertz CT molecular complexity index is 916. The molecule has 2 aromatic rings. The first-order valence-electron chi connectivity index (χ1n) is 8.80. The topological polar surface area (TPSA) is 87.7 Å². The van der Waals surface area contributed by atoms with E-state index < -0.39 is 5.91 Å². The Kier molecular flexibility index (Phi) is 6.16. The molecule has 8 heteroatoms. The van der Waals surface area contributed by atoms with Crippen LogP contribution in [0.15, 0.2) is 42.5 Å². The number of carbonyl (C=O) groups excluding carboxylic acids is 3. The van der Waals surface area contributed by atoms with E-state index >= 15 is 0 Å². The van der Waals surface area contributed by atoms with E-state index in [1.54, 1.807) is 41.3 Å². The molecule has 0 aliphatic carbocycles. The summed E-state index contributed by atoms with van der Waals surface area (Å²) < 4.78 is 5.37. The average Bonchev–Trinajstić information content (AvgIpc) is 3.11. The highest BCUT2D eigenvalue weighted by atomic mass is 35.5. The SMILES string of the molecule is COc1cc(NC(=O)CNC(=O)c2cccc(Cl)c2)ccc1N1CCCC1=O. The quantitative estimate of drug-likeness (QED) is 0.779. The molecule has 28 heavy (non-hydrogen) atoms. The second kappa shape index (κ2) is 8.75. The average molecular weight is 402 g/mol. The second-order valence-electron chi connectivity index (χ2n) is 6.28. The Morgan fingerprint density at radius 1 is 1.21 bits per heavy atom. The monoisotopic (exact) mass is 401 g/mol. The highest BCUT2D eigenvalue weighted by Gasteiger charge is 2.24. The predicted octanol–water partition coefficient (Wildman–Crippen LogP) is 2.84. The second-order valence-corrected chi connectivity index (χ2v) is 6.71. The molecule has 0 atom stereocenters. The van der Waals surface area contributed by atoms with Gasteiger partial charge in [0.15, 0.2) is 0 Å². The fraction of sp³-hybridized carbons (Fsp3) is 0.250. The van der Waals surface area contributed by atoms with E-state index in [9.17, 15) is 14.4 Å². The standard InChI is InChI=1S/C20H20ClN3O4/c1-28-17-11-15(7-8-16(17)24-9-3-6-19(24)26)23-18(25)12-22-20(27)13-4-2-5-14(21)10-13/h2,4-5,7-8,10-11H,3,6,9,12H2,1H3,(H,22,27)(H,23,25). The largest absolute Gasteiger partial charge is 0.494 e. The van der Waals surface area contributed by atoms with Crippen molar-refractivity contribution in [2.45, 2.75) is 12.8 Å². The smallest absolute Gasteiger partial charge is 0.251 e. The fourth-order valence-electron chi connectivity index (χ4n) is 2.98. The molecule has 1 aliphatic rings. The van der Waals surface area contributed by atoms with E-state index in [0.717, 1.165) is 6.42 Å². The van der Waals surface area contributed by atoms with Crippen LogP contribution in [0.3, 0.4) is 0 Å². The molecule has 0 spiro atoms. The number of benzene rings is 2. The summed E-state index contributed by atoms with van der Waals surface area (Å²) in [7, 11) is 1.51. The Hall–Kier alpha value is -3.06. The van der Waals surface area contributed by atoms with Gasteiger partial charge in [0.25, 0.3) is 5.91 Å². The van der Waals surface area contributed by atoms with Crippen molar-refractivity contribution in [2.75, 3.05) is 30.4 Å². The lowest BCUT2D eigenvalue weighted by atomic mass is 10.2. The van der Waals surface area contributed by atoms with E-state index in [0.29, 0.717) is 40.7 Å². The molecule has 1 aliphatic heterocycles. The van der Waals surface area contributed by atoms with Crippen molar-refractivity contribution in [3.05, 3.63) is 53.1 Å². The van der Waals surface area contributed by atoms with Crippen LogP contribution in [0, 0.1) is 0 Å². The maximum absolute atomic E-state index is 12.2. The van der Waals surface area contributed by atoms with Crippen LogP contribution in [0.5, 0.6) is 5.75 Å². The number of anilines is 2. The number of methoxy groups -OCH3 is 1. The zero-order valence-corrected chi connectivity index (χ0v) is 16.1. The maximum atomic E-state index is 12.2. The summed E-state index contributed by atoms with van der Waals surface area (Å²) in [5.41, 5.74) is 1.56. The summed E-state index contributed by atoms with van der Waals surface area (Å²) in [6.45, 7) is 0.455. The van der Waals surface area contributed by atoms with Crippen LogP contribution in [-0.2, 0) is 9.59 Å². The van der Waals surface area contributed by atoms with Crippen molar-refractivity contribution in [2.24, 2.45) is 0 Å². The van der Waals surface area contributed by atoms with Gasteiger partial charge < -0.3 is 20.3 Å². The molecule has 1 fully saturated rings. The molecule has 2 aromatic carbocycles. The zero-order valence-electron chi connectivity index (χ0n) is 15.3. The number of nitrogens with zero attached hydrogens (tertiary/aromatic N) is 1. The van der Waals surface area contributed by atoms with Gasteiger partial charge in [0, 0.05) is 35.3 Å². The highest BCUT2D eigenvalue weighted by molar-refractivity contribution is 6.31. The fourth-order valence-corrected chi connectivity index (χ4v) is 3.17. The summed E-state index contributed by atoms with van der Waals surface area (Å²) in [5.74, 6) is -0.226. The van der Waals surface area contributed by atoms with Gasteiger partial charge in [-0.2, -0.15) is 0 Å². The van der Waals surface area contributed by atoms with Crippen LogP contribution < -0.4 is 20.3 Å². The van der Waals surface area contributed by atoms with Crippen molar-refractivity contribution in [3.8, 4) is 5.75 Å². The third-order valence-corrected chi connectivity index (χ3v) is 4.56. The number of ether oxygens (including phenoxy) is 1. The van der Waals surface area contributed by atoms with Crippen LogP contribution in [0.25, 0.3) is 0 Å². The molecule has 1 heterocycles. The van der Waals surface area contributed by atoms with E-state index in [2.05, 4.69) is 10.6 Å². The number of carbonyl (C=O) groups is 3. The van der Waals surface area contributed by atoms with Gasteiger partial charge in [0.2, 0.25) is 11.8 Å². The normalized spacial score (nSPS) is 13.4. The lowest BCUT2D eigenvalue weighted by molar-refractivity contribution is -0.117. The van der Waals surface area contributed by atoms with Crippen LogP contribution in [-0.4, -0.2) is 37.9 Å². The first-order chi connectivity index (χ1) is 13.5. The van der Waals surface area contributed by atoms with Gasteiger partial charge in [-0.15, -0.1) is 0 Å². The number of rotatable bonds is 6. The summed E-state index contributed by atoms with van der Waals surface area (Å²) in [6.07, 6.45) is 1.33. The molecule has 2 N–H and O–H groups in total. The zero-order chi connectivity index (χ0) is 20.1. The minimum absolute atomic E-state index is 0.0545. The van der Waals surface area contributed by atoms with Gasteiger partial charge in [-0.25, -0.2) is 0 Å².